The van der Waals surface area contributed by atoms with Gasteiger partial charge in [0.15, 0.2) is 0 Å². The van der Waals surface area contributed by atoms with E-state index < -0.39 is 5.54 Å². The first-order valence-corrected chi connectivity index (χ1v) is 17.7. The predicted molar refractivity (Wildman–Crippen MR) is 167 cm³/mol. The summed E-state index contributed by atoms with van der Waals surface area (Å²) in [5.74, 6) is 4.46. The minimum absolute atomic E-state index is 0.00359. The van der Waals surface area contributed by atoms with E-state index in [9.17, 15) is 19.2 Å². The van der Waals surface area contributed by atoms with Crippen molar-refractivity contribution in [1.82, 2.24) is 9.80 Å². The second-order valence-electron chi connectivity index (χ2n) is 15.2. The summed E-state index contributed by atoms with van der Waals surface area (Å²) in [4.78, 5) is 54.2. The minimum atomic E-state index is -0.431. The average molecular weight is 585 g/mol. The van der Waals surface area contributed by atoms with Gasteiger partial charge in [0.05, 0.1) is 23.7 Å². The Kier molecular flexibility index (Phi) is 10.7. The van der Waals surface area contributed by atoms with E-state index in [1.807, 2.05) is 41.5 Å². The SMILES string of the molecule is CC.CC(C)CC1CC2CCC1C2.CCN1C(=O)C2CCC(C3CCC4C(=O)N(C(C)(C)CC)C(=O)C4C3)CC2C1=O. The van der Waals surface area contributed by atoms with Gasteiger partial charge < -0.3 is 0 Å². The Bertz CT molecular complexity index is 1000. The second-order valence-corrected chi connectivity index (χ2v) is 15.2. The molecular weight excluding hydrogens is 524 g/mol. The molecule has 0 radical (unpaired) electrons. The van der Waals surface area contributed by atoms with Gasteiger partial charge in [-0.2, -0.15) is 0 Å². The highest BCUT2D eigenvalue weighted by atomic mass is 16.2. The molecule has 42 heavy (non-hydrogen) atoms. The molecule has 6 heteroatoms. The lowest BCUT2D eigenvalue weighted by Gasteiger charge is -2.38. The molecule has 9 unspecified atom stereocenters. The Morgan fingerprint density at radius 3 is 1.64 bits per heavy atom. The molecule has 0 spiro atoms. The zero-order chi connectivity index (χ0) is 30.9. The van der Waals surface area contributed by atoms with Crippen LogP contribution in [0.4, 0.5) is 0 Å². The van der Waals surface area contributed by atoms with Crippen molar-refractivity contribution >= 4 is 23.6 Å². The lowest BCUT2D eigenvalue weighted by molar-refractivity contribution is -0.146. The van der Waals surface area contributed by atoms with Crippen molar-refractivity contribution in [2.45, 2.75) is 138 Å². The van der Waals surface area contributed by atoms with Crippen molar-refractivity contribution < 1.29 is 19.2 Å². The van der Waals surface area contributed by atoms with Gasteiger partial charge >= 0.3 is 0 Å². The molecular formula is C36H60N2O4. The van der Waals surface area contributed by atoms with Gasteiger partial charge in [0.1, 0.15) is 0 Å². The second kappa shape index (κ2) is 13.5. The first-order chi connectivity index (χ1) is 20.0. The van der Waals surface area contributed by atoms with Gasteiger partial charge in [-0.25, -0.2) is 0 Å². The number of carbonyl (C=O) groups excluding carboxylic acids is 4. The molecule has 4 aliphatic carbocycles. The van der Waals surface area contributed by atoms with E-state index in [4.69, 9.17) is 0 Å². The topological polar surface area (TPSA) is 74.8 Å². The van der Waals surface area contributed by atoms with Crippen LogP contribution in [0.3, 0.4) is 0 Å². The number of hydrogen-bond donors (Lipinski definition) is 0. The number of hydrogen-bond acceptors (Lipinski definition) is 4. The van der Waals surface area contributed by atoms with Crippen molar-refractivity contribution in [3.05, 3.63) is 0 Å². The molecule has 6 rings (SSSR count). The largest absolute Gasteiger partial charge is 0.282 e. The predicted octanol–water partition coefficient (Wildman–Crippen LogP) is 7.49. The van der Waals surface area contributed by atoms with Crippen LogP contribution in [0, 0.1) is 59.2 Å². The molecule has 2 saturated heterocycles. The van der Waals surface area contributed by atoms with Gasteiger partial charge in [-0.1, -0.05) is 41.0 Å². The number of amides is 4. The molecule has 4 saturated carbocycles. The molecule has 6 aliphatic rings. The molecule has 4 amide bonds. The Balaban J connectivity index is 0.000000259. The number of fused-ring (bicyclic) bond motifs is 4. The van der Waals surface area contributed by atoms with Crippen LogP contribution in [0.1, 0.15) is 132 Å². The van der Waals surface area contributed by atoms with Crippen LogP contribution in [-0.2, 0) is 19.2 Å². The van der Waals surface area contributed by atoms with Crippen LogP contribution in [0.5, 0.6) is 0 Å². The fourth-order valence-corrected chi connectivity index (χ4v) is 9.69. The van der Waals surface area contributed by atoms with E-state index in [0.29, 0.717) is 18.4 Å². The van der Waals surface area contributed by atoms with Crippen LogP contribution in [0.2, 0.25) is 0 Å². The minimum Gasteiger partial charge on any atom is -0.282 e. The number of carbonyl (C=O) groups is 4. The standard InChI is InChI=1S/C23H34N2O4.C11H20.C2H6/c1-5-23(3,4)25-21(28)16-10-8-14(12-18(16)22(25)29)13-7-9-15-17(11-13)20(27)24(6-2)19(15)26;1-8(2)5-11-7-9-3-4-10(11)6-9;1-2/h13-18H,5-12H2,1-4H3;8-11H,3-7H2,1-2H3;1-2H3. The van der Waals surface area contributed by atoms with E-state index >= 15 is 0 Å². The number of likely N-dealkylation sites (tertiary alicyclic amines) is 2. The summed E-state index contributed by atoms with van der Waals surface area (Å²) < 4.78 is 0. The normalized spacial score (nSPS) is 37.4. The zero-order valence-electron chi connectivity index (χ0n) is 28.0. The third kappa shape index (κ3) is 6.25. The van der Waals surface area contributed by atoms with Gasteiger partial charge in [-0.15, -0.1) is 0 Å². The Hall–Kier alpha value is -1.72. The van der Waals surface area contributed by atoms with Gasteiger partial charge in [-0.3, -0.25) is 29.0 Å². The Labute approximate surface area is 256 Å². The quantitative estimate of drug-likeness (QED) is 0.303. The summed E-state index contributed by atoms with van der Waals surface area (Å²) >= 11 is 0. The Morgan fingerprint density at radius 2 is 1.17 bits per heavy atom. The van der Waals surface area contributed by atoms with Crippen LogP contribution in [0.15, 0.2) is 0 Å². The molecule has 2 aliphatic heterocycles. The summed E-state index contributed by atoms with van der Waals surface area (Å²) in [5.41, 5.74) is -0.431. The van der Waals surface area contributed by atoms with E-state index in [0.717, 1.165) is 68.6 Å². The highest BCUT2D eigenvalue weighted by Crippen LogP contribution is 2.51. The molecule has 2 bridgehead atoms. The third-order valence-electron chi connectivity index (χ3n) is 12.1. The monoisotopic (exact) mass is 584 g/mol. The summed E-state index contributed by atoms with van der Waals surface area (Å²) in [6.07, 6.45) is 13.5. The fraction of sp³-hybridized carbons (Fsp3) is 0.889. The molecule has 6 nitrogen and oxygen atoms in total. The third-order valence-corrected chi connectivity index (χ3v) is 12.1. The summed E-state index contributed by atoms with van der Waals surface area (Å²) in [7, 11) is 0. The average Bonchev–Trinajstić information content (AvgIpc) is 3.72. The fourth-order valence-electron chi connectivity index (χ4n) is 9.69. The molecule has 9 atom stereocenters. The van der Waals surface area contributed by atoms with Gasteiger partial charge in [-0.05, 0) is 127 Å². The number of rotatable bonds is 6. The van der Waals surface area contributed by atoms with Crippen LogP contribution >= 0.6 is 0 Å². The molecule has 2 heterocycles. The van der Waals surface area contributed by atoms with Crippen LogP contribution < -0.4 is 0 Å². The molecule has 238 valence electrons. The maximum absolute atomic E-state index is 13.1. The highest BCUT2D eigenvalue weighted by Gasteiger charge is 2.56. The molecule has 0 aromatic heterocycles. The first kappa shape index (κ1) is 33.2. The van der Waals surface area contributed by atoms with Crippen LogP contribution in [-0.4, -0.2) is 45.5 Å². The first-order valence-electron chi connectivity index (χ1n) is 17.7. The summed E-state index contributed by atoms with van der Waals surface area (Å²) in [6, 6.07) is 0. The molecule has 0 aromatic rings. The number of imide groups is 2. The van der Waals surface area contributed by atoms with Gasteiger partial charge in [0.2, 0.25) is 23.6 Å². The van der Waals surface area contributed by atoms with E-state index in [1.54, 1.807) is 30.6 Å². The van der Waals surface area contributed by atoms with Gasteiger partial charge in [0, 0.05) is 12.1 Å². The Morgan fingerprint density at radius 1 is 0.667 bits per heavy atom. The highest BCUT2D eigenvalue weighted by molar-refractivity contribution is 6.06. The van der Waals surface area contributed by atoms with E-state index in [1.165, 1.54) is 11.3 Å². The van der Waals surface area contributed by atoms with E-state index in [2.05, 4.69) is 13.8 Å². The smallest absolute Gasteiger partial charge is 0.233 e. The van der Waals surface area contributed by atoms with Crippen molar-refractivity contribution in [3.63, 3.8) is 0 Å². The lowest BCUT2D eigenvalue weighted by Crippen LogP contribution is -2.47. The molecule has 0 aromatic carbocycles. The van der Waals surface area contributed by atoms with Gasteiger partial charge in [0.25, 0.3) is 0 Å². The van der Waals surface area contributed by atoms with Crippen LogP contribution in [0.25, 0.3) is 0 Å². The zero-order valence-corrected chi connectivity index (χ0v) is 28.0. The van der Waals surface area contributed by atoms with Crippen molar-refractivity contribution in [1.29, 1.82) is 0 Å². The maximum atomic E-state index is 13.1. The maximum Gasteiger partial charge on any atom is 0.233 e. The van der Waals surface area contributed by atoms with Crippen molar-refractivity contribution in [3.8, 4) is 0 Å². The van der Waals surface area contributed by atoms with E-state index in [-0.39, 0.29) is 47.3 Å². The van der Waals surface area contributed by atoms with Crippen molar-refractivity contribution in [2.75, 3.05) is 6.54 Å². The number of nitrogens with zero attached hydrogens (tertiary/aromatic N) is 2. The summed E-state index contributed by atoms with van der Waals surface area (Å²) in [6.45, 7) is 17.0. The molecule has 0 N–H and O–H groups in total. The van der Waals surface area contributed by atoms with Crippen molar-refractivity contribution in [2.24, 2.45) is 59.2 Å². The molecule has 6 fully saturated rings. The lowest BCUT2D eigenvalue weighted by atomic mass is 9.64. The summed E-state index contributed by atoms with van der Waals surface area (Å²) in [5, 5.41) is 0.